The van der Waals surface area contributed by atoms with E-state index in [1.165, 1.54) is 83.5 Å². The van der Waals surface area contributed by atoms with E-state index in [9.17, 15) is 30.0 Å². The second kappa shape index (κ2) is 36.3. The third-order valence-corrected chi connectivity index (χ3v) is 10.0. The van der Waals surface area contributed by atoms with E-state index in [1.54, 1.807) is 0 Å². The number of carbonyl (C=O) groups excluding carboxylic acids is 2. The molecule has 6 atom stereocenters. The molecule has 0 spiro atoms. The van der Waals surface area contributed by atoms with E-state index in [4.69, 9.17) is 18.9 Å². The maximum Gasteiger partial charge on any atom is 0.306 e. The third kappa shape index (κ3) is 28.0. The van der Waals surface area contributed by atoms with E-state index in [0.29, 0.717) is 12.8 Å². The van der Waals surface area contributed by atoms with Crippen molar-refractivity contribution in [1.29, 1.82) is 0 Å². The predicted octanol–water partition coefficient (Wildman–Crippen LogP) is 9.11. The van der Waals surface area contributed by atoms with Crippen LogP contribution in [0.3, 0.4) is 0 Å². The summed E-state index contributed by atoms with van der Waals surface area (Å²) < 4.78 is 22.1. The van der Waals surface area contributed by atoms with Gasteiger partial charge in [0.2, 0.25) is 0 Å². The van der Waals surface area contributed by atoms with Crippen molar-refractivity contribution < 1.29 is 49.0 Å². The van der Waals surface area contributed by atoms with Crippen LogP contribution in [-0.4, -0.2) is 89.0 Å². The highest BCUT2D eigenvalue weighted by Gasteiger charge is 2.44. The van der Waals surface area contributed by atoms with Crippen LogP contribution in [-0.2, 0) is 28.5 Å². The lowest BCUT2D eigenvalue weighted by Gasteiger charge is -2.39. The lowest BCUT2D eigenvalue weighted by molar-refractivity contribution is -0.305. The number of carbonyl (C=O) groups is 2. The van der Waals surface area contributed by atoms with Gasteiger partial charge in [-0.15, -0.1) is 0 Å². The Bertz CT molecular complexity index is 996. The largest absolute Gasteiger partial charge is 0.462 e. The minimum Gasteiger partial charge on any atom is -0.462 e. The monoisotopic (exact) mass is 781 g/mol. The highest BCUT2D eigenvalue weighted by Crippen LogP contribution is 2.22. The summed E-state index contributed by atoms with van der Waals surface area (Å²) >= 11 is 0. The molecule has 2 unspecified atom stereocenters. The maximum atomic E-state index is 12.7. The van der Waals surface area contributed by atoms with Gasteiger partial charge in [0, 0.05) is 12.8 Å². The van der Waals surface area contributed by atoms with Crippen LogP contribution in [0.4, 0.5) is 0 Å². The number of hydrogen-bond donors (Lipinski definition) is 4. The summed E-state index contributed by atoms with van der Waals surface area (Å²) in [4.78, 5) is 25.3. The molecular formula is C45H80O10. The molecule has 1 heterocycles. The molecule has 320 valence electrons. The van der Waals surface area contributed by atoms with Crippen molar-refractivity contribution in [1.82, 2.24) is 0 Å². The Hall–Kier alpha value is -2.08. The number of ether oxygens (including phenoxy) is 4. The van der Waals surface area contributed by atoms with Crippen molar-refractivity contribution in [2.24, 2.45) is 0 Å². The molecule has 0 amide bonds. The second-order valence-electron chi connectivity index (χ2n) is 15.1. The van der Waals surface area contributed by atoms with Crippen molar-refractivity contribution in [2.75, 3.05) is 19.8 Å². The topological polar surface area (TPSA) is 152 Å². The first kappa shape index (κ1) is 50.9. The van der Waals surface area contributed by atoms with Gasteiger partial charge in [-0.25, -0.2) is 0 Å². The summed E-state index contributed by atoms with van der Waals surface area (Å²) in [6, 6.07) is 0. The van der Waals surface area contributed by atoms with E-state index in [1.807, 2.05) is 6.08 Å². The Labute approximate surface area is 334 Å². The zero-order chi connectivity index (χ0) is 40.2. The molecule has 1 aliphatic heterocycles. The van der Waals surface area contributed by atoms with E-state index >= 15 is 0 Å². The van der Waals surface area contributed by atoms with Gasteiger partial charge in [0.1, 0.15) is 31.0 Å². The minimum atomic E-state index is -1.60. The van der Waals surface area contributed by atoms with Crippen molar-refractivity contribution in [3.63, 3.8) is 0 Å². The van der Waals surface area contributed by atoms with Crippen LogP contribution in [0.2, 0.25) is 0 Å². The average Bonchev–Trinajstić information content (AvgIpc) is 3.18. The third-order valence-electron chi connectivity index (χ3n) is 10.0. The molecule has 55 heavy (non-hydrogen) atoms. The highest BCUT2D eigenvalue weighted by atomic mass is 16.7. The van der Waals surface area contributed by atoms with Crippen molar-refractivity contribution in [3.05, 3.63) is 36.5 Å². The van der Waals surface area contributed by atoms with Gasteiger partial charge in [-0.3, -0.25) is 9.59 Å². The lowest BCUT2D eigenvalue weighted by atomic mass is 9.99. The molecule has 4 N–H and O–H groups in total. The number of unbranched alkanes of at least 4 members (excludes halogenated alkanes) is 19. The normalized spacial score (nSPS) is 20.9. The van der Waals surface area contributed by atoms with Gasteiger partial charge in [-0.2, -0.15) is 0 Å². The molecule has 10 nitrogen and oxygen atoms in total. The van der Waals surface area contributed by atoms with E-state index in [-0.39, 0.29) is 26.1 Å². The van der Waals surface area contributed by atoms with Gasteiger partial charge in [0.15, 0.2) is 12.4 Å². The quantitative estimate of drug-likeness (QED) is 0.0275. The second-order valence-corrected chi connectivity index (χ2v) is 15.1. The van der Waals surface area contributed by atoms with Crippen molar-refractivity contribution >= 4 is 11.9 Å². The molecular weight excluding hydrogens is 700 g/mol. The van der Waals surface area contributed by atoms with Crippen molar-refractivity contribution in [2.45, 2.75) is 218 Å². The Kier molecular flexibility index (Phi) is 33.6. The number of esters is 2. The molecule has 0 radical (unpaired) electrons. The van der Waals surface area contributed by atoms with Gasteiger partial charge in [0.05, 0.1) is 13.2 Å². The fraction of sp³-hybridized carbons (Fsp3) is 0.822. The summed E-state index contributed by atoms with van der Waals surface area (Å²) in [5.74, 6) is -0.878. The number of rotatable bonds is 36. The number of allylic oxidation sites excluding steroid dienone is 6. The van der Waals surface area contributed by atoms with Crippen LogP contribution in [0.15, 0.2) is 36.5 Å². The van der Waals surface area contributed by atoms with Crippen LogP contribution < -0.4 is 0 Å². The summed E-state index contributed by atoms with van der Waals surface area (Å²) in [6.07, 6.45) is 33.0. The highest BCUT2D eigenvalue weighted by molar-refractivity contribution is 5.70. The van der Waals surface area contributed by atoms with Crippen LogP contribution in [0.25, 0.3) is 0 Å². The van der Waals surface area contributed by atoms with E-state index in [2.05, 4.69) is 44.2 Å². The first-order valence-corrected chi connectivity index (χ1v) is 22.1. The molecule has 0 saturated carbocycles. The first-order valence-electron chi connectivity index (χ1n) is 22.1. The van der Waals surface area contributed by atoms with Gasteiger partial charge >= 0.3 is 11.9 Å². The Morgan fingerprint density at radius 2 is 1.05 bits per heavy atom. The molecule has 0 aromatic carbocycles. The zero-order valence-corrected chi connectivity index (χ0v) is 34.7. The zero-order valence-electron chi connectivity index (χ0n) is 34.7. The fourth-order valence-electron chi connectivity index (χ4n) is 6.47. The Morgan fingerprint density at radius 1 is 0.564 bits per heavy atom. The van der Waals surface area contributed by atoms with Crippen LogP contribution in [0.1, 0.15) is 181 Å². The minimum absolute atomic E-state index is 0.189. The van der Waals surface area contributed by atoms with Gasteiger partial charge in [-0.1, -0.05) is 147 Å². The van der Waals surface area contributed by atoms with Gasteiger partial charge in [0.25, 0.3) is 0 Å². The summed E-state index contributed by atoms with van der Waals surface area (Å²) in [5.41, 5.74) is 0. The van der Waals surface area contributed by atoms with E-state index < -0.39 is 55.4 Å². The molecule has 0 aliphatic carbocycles. The standard InChI is InChI=1S/C45H80O10/c1-3-5-7-9-11-13-15-17-19-21-23-25-27-29-31-33-40(47)52-36-38(37-53-45-44(51)43(50)42(49)39(35-46)55-45)54-41(48)34-32-30-28-26-24-22-20-18-16-14-12-10-8-6-4-2/h12,14,18,20,27,29,38-39,42-46,49-51H,3-11,13,15-17,19,21-26,28,30-37H2,1-2H3/b14-12+,20-18+,29-27+/t38-,39-,42+,43?,44?,45-/m0/s1. The first-order chi connectivity index (χ1) is 26.8. The molecule has 1 saturated heterocycles. The number of aliphatic hydroxyl groups is 4. The molecule has 10 heteroatoms. The predicted molar refractivity (Wildman–Crippen MR) is 219 cm³/mol. The average molecular weight is 781 g/mol. The fourth-order valence-corrected chi connectivity index (χ4v) is 6.47. The maximum absolute atomic E-state index is 12.7. The van der Waals surface area contributed by atoms with Gasteiger partial charge in [-0.05, 0) is 57.8 Å². The molecule has 1 aliphatic rings. The summed E-state index contributed by atoms with van der Waals surface area (Å²) in [6.45, 7) is 3.34. The lowest BCUT2D eigenvalue weighted by Crippen LogP contribution is -2.59. The molecule has 0 aromatic rings. The Morgan fingerprint density at radius 3 is 1.64 bits per heavy atom. The van der Waals surface area contributed by atoms with Crippen molar-refractivity contribution in [3.8, 4) is 0 Å². The van der Waals surface area contributed by atoms with Crippen LogP contribution in [0.5, 0.6) is 0 Å². The number of aliphatic hydroxyl groups excluding tert-OH is 4. The molecule has 0 aromatic heterocycles. The molecule has 1 fully saturated rings. The molecule has 0 bridgehead atoms. The molecule has 1 rings (SSSR count). The van der Waals surface area contributed by atoms with Crippen LogP contribution >= 0.6 is 0 Å². The smallest absolute Gasteiger partial charge is 0.306 e. The number of hydrogen-bond acceptors (Lipinski definition) is 10. The summed E-state index contributed by atoms with van der Waals surface area (Å²) in [7, 11) is 0. The van der Waals surface area contributed by atoms with Crippen LogP contribution in [0, 0.1) is 0 Å². The SMILES string of the molecule is CCCCC/C=C/C/C=C/CCCCCCCC(=O)O[C@@H](COC(=O)CC/C=C/CCCCCCCCCCCCC)CO[C@H]1O[C@@H](CO)[C@@H](O)C(O)C1O. The van der Waals surface area contributed by atoms with E-state index in [0.717, 1.165) is 57.8 Å². The van der Waals surface area contributed by atoms with Gasteiger partial charge < -0.3 is 39.4 Å². The summed E-state index contributed by atoms with van der Waals surface area (Å²) in [5, 5.41) is 40.0. The Balaban J connectivity index is 2.37.